The van der Waals surface area contributed by atoms with Crippen LogP contribution in [0.4, 0.5) is 21.7 Å². The molecule has 34 heavy (non-hydrogen) atoms. The quantitative estimate of drug-likeness (QED) is 0.435. The molecular weight excluding hydrogens is 435 g/mol. The Labute approximate surface area is 199 Å². The van der Waals surface area contributed by atoms with Crippen molar-refractivity contribution in [1.29, 1.82) is 5.26 Å². The minimum absolute atomic E-state index is 0.0123. The molecular formula is C25H31FN6O2. The summed E-state index contributed by atoms with van der Waals surface area (Å²) in [4.78, 5) is 16.7. The first-order valence-electron chi connectivity index (χ1n) is 11.3. The molecule has 2 atom stereocenters. The summed E-state index contributed by atoms with van der Waals surface area (Å²) in [5.74, 6) is -0.772. The molecule has 0 saturated carbocycles. The molecule has 9 heteroatoms. The van der Waals surface area contributed by atoms with Crippen molar-refractivity contribution in [2.75, 3.05) is 10.6 Å². The number of hydrogen-bond donors (Lipinski definition) is 2. The van der Waals surface area contributed by atoms with Gasteiger partial charge in [-0.3, -0.25) is 9.48 Å². The average Bonchev–Trinajstić information content (AvgIpc) is 3.13. The maximum Gasteiger partial charge on any atom is 0.306 e. The average molecular weight is 467 g/mol. The maximum absolute atomic E-state index is 14.8. The molecule has 180 valence electrons. The molecule has 0 aliphatic heterocycles. The second kappa shape index (κ2) is 10.1. The number of aromatic nitrogens is 3. The molecule has 0 aliphatic carbocycles. The lowest BCUT2D eigenvalue weighted by Crippen LogP contribution is -2.31. The molecule has 1 aromatic carbocycles. The lowest BCUT2D eigenvalue weighted by molar-refractivity contribution is -0.156. The summed E-state index contributed by atoms with van der Waals surface area (Å²) >= 11 is 0. The van der Waals surface area contributed by atoms with Crippen LogP contribution < -0.4 is 10.6 Å². The molecule has 0 spiro atoms. The van der Waals surface area contributed by atoms with Crippen molar-refractivity contribution in [3.8, 4) is 6.07 Å². The van der Waals surface area contributed by atoms with E-state index in [9.17, 15) is 14.4 Å². The molecule has 0 saturated heterocycles. The Bertz CT molecular complexity index is 1220. The lowest BCUT2D eigenvalue weighted by atomic mass is 9.94. The number of aryl methyl sites for hydroxylation is 1. The zero-order valence-electron chi connectivity index (χ0n) is 20.4. The number of esters is 1. The van der Waals surface area contributed by atoms with Crippen molar-refractivity contribution in [3.63, 3.8) is 0 Å². The van der Waals surface area contributed by atoms with Crippen LogP contribution in [-0.2, 0) is 16.6 Å². The Morgan fingerprint density at radius 1 is 1.29 bits per heavy atom. The van der Waals surface area contributed by atoms with Gasteiger partial charge in [0.15, 0.2) is 17.5 Å². The molecule has 2 heterocycles. The molecule has 2 N–H and O–H groups in total. The Morgan fingerprint density at radius 3 is 2.68 bits per heavy atom. The number of rotatable bonds is 8. The summed E-state index contributed by atoms with van der Waals surface area (Å²) in [6, 6.07) is 8.53. The highest BCUT2D eigenvalue weighted by atomic mass is 19.1. The van der Waals surface area contributed by atoms with Crippen molar-refractivity contribution in [3.05, 3.63) is 41.8 Å². The standard InChI is InChI=1S/C25H31FN6O2/c1-7-16(11-22(33)34-25(3,4)5)15(2)29-24-20(26)10-18(13-27)23(31-24)30-19-9-8-17-14-28-32(6)21(17)12-19/h8-10,12,14-16H,7,11H2,1-6H3,(H2,29,30,31)/t15-,16-/m1/s1. The van der Waals surface area contributed by atoms with Crippen LogP contribution >= 0.6 is 0 Å². The molecule has 2 aromatic heterocycles. The summed E-state index contributed by atoms with van der Waals surface area (Å²) < 4.78 is 22.0. The topological polar surface area (TPSA) is 105 Å². The second-order valence-electron chi connectivity index (χ2n) is 9.39. The molecule has 0 bridgehead atoms. The van der Waals surface area contributed by atoms with E-state index in [1.54, 1.807) is 10.9 Å². The molecule has 8 nitrogen and oxygen atoms in total. The van der Waals surface area contributed by atoms with E-state index in [0.717, 1.165) is 17.0 Å². The molecule has 3 rings (SSSR count). The summed E-state index contributed by atoms with van der Waals surface area (Å²) in [5, 5.41) is 20.9. The van der Waals surface area contributed by atoms with Gasteiger partial charge < -0.3 is 15.4 Å². The maximum atomic E-state index is 14.8. The van der Waals surface area contributed by atoms with Gasteiger partial charge in [-0.15, -0.1) is 0 Å². The van der Waals surface area contributed by atoms with Crippen molar-refractivity contribution in [1.82, 2.24) is 14.8 Å². The first kappa shape index (κ1) is 25.0. The van der Waals surface area contributed by atoms with Gasteiger partial charge in [-0.1, -0.05) is 13.3 Å². The number of nitriles is 1. The Hall–Kier alpha value is -3.67. The minimum atomic E-state index is -0.636. The van der Waals surface area contributed by atoms with Crippen LogP contribution in [0.15, 0.2) is 30.5 Å². The molecule has 0 radical (unpaired) electrons. The van der Waals surface area contributed by atoms with Gasteiger partial charge in [0.2, 0.25) is 0 Å². The first-order chi connectivity index (χ1) is 16.0. The van der Waals surface area contributed by atoms with E-state index < -0.39 is 11.4 Å². The van der Waals surface area contributed by atoms with Gasteiger partial charge in [-0.05, 0) is 57.9 Å². The lowest BCUT2D eigenvalue weighted by Gasteiger charge is -2.26. The van der Waals surface area contributed by atoms with Crippen LogP contribution in [0.25, 0.3) is 10.9 Å². The fraction of sp³-hybridized carbons (Fsp3) is 0.440. The van der Waals surface area contributed by atoms with Crippen molar-refractivity contribution in [2.45, 2.75) is 59.1 Å². The van der Waals surface area contributed by atoms with Gasteiger partial charge in [0.05, 0.1) is 23.7 Å². The number of ether oxygens (including phenoxy) is 1. The molecule has 0 amide bonds. The highest BCUT2D eigenvalue weighted by Gasteiger charge is 2.25. The van der Waals surface area contributed by atoms with Crippen LogP contribution in [0, 0.1) is 23.1 Å². The molecule has 0 unspecified atom stereocenters. The Kier molecular flexibility index (Phi) is 7.40. The third-order valence-corrected chi connectivity index (χ3v) is 5.55. The zero-order valence-corrected chi connectivity index (χ0v) is 20.4. The number of hydrogen-bond acceptors (Lipinski definition) is 7. The summed E-state index contributed by atoms with van der Waals surface area (Å²) in [7, 11) is 1.84. The van der Waals surface area contributed by atoms with Gasteiger partial charge >= 0.3 is 5.97 Å². The fourth-order valence-corrected chi connectivity index (χ4v) is 3.73. The van der Waals surface area contributed by atoms with Crippen LogP contribution in [0.1, 0.15) is 53.0 Å². The number of halogens is 1. The normalized spacial score (nSPS) is 13.2. The largest absolute Gasteiger partial charge is 0.460 e. The van der Waals surface area contributed by atoms with E-state index in [4.69, 9.17) is 4.74 Å². The van der Waals surface area contributed by atoms with Gasteiger partial charge in [-0.25, -0.2) is 9.37 Å². The highest BCUT2D eigenvalue weighted by molar-refractivity contribution is 5.83. The number of pyridine rings is 1. The van der Waals surface area contributed by atoms with Gasteiger partial charge in [-0.2, -0.15) is 10.4 Å². The van der Waals surface area contributed by atoms with E-state index in [1.165, 1.54) is 0 Å². The predicted octanol–water partition coefficient (Wildman–Crippen LogP) is 5.28. The second-order valence-corrected chi connectivity index (χ2v) is 9.39. The number of benzene rings is 1. The Balaban J connectivity index is 1.81. The molecule has 0 aliphatic rings. The van der Waals surface area contributed by atoms with Crippen molar-refractivity contribution >= 4 is 34.2 Å². The third kappa shape index (κ3) is 6.01. The number of nitrogens with one attached hydrogen (secondary N) is 2. The van der Waals surface area contributed by atoms with E-state index >= 15 is 0 Å². The predicted molar refractivity (Wildman–Crippen MR) is 130 cm³/mol. The SMILES string of the molecule is CC[C@H](CC(=O)OC(C)(C)C)[C@@H](C)Nc1nc(Nc2ccc3cnn(C)c3c2)c(C#N)cc1F. The van der Waals surface area contributed by atoms with Crippen LogP contribution in [0.2, 0.25) is 0 Å². The third-order valence-electron chi connectivity index (χ3n) is 5.55. The van der Waals surface area contributed by atoms with Crippen molar-refractivity contribution < 1.29 is 13.9 Å². The smallest absolute Gasteiger partial charge is 0.306 e. The number of nitrogens with zero attached hydrogens (tertiary/aromatic N) is 4. The van der Waals surface area contributed by atoms with Gasteiger partial charge in [0, 0.05) is 24.2 Å². The van der Waals surface area contributed by atoms with E-state index in [-0.39, 0.29) is 41.5 Å². The summed E-state index contributed by atoms with van der Waals surface area (Å²) in [5.41, 5.74) is 1.13. The van der Waals surface area contributed by atoms with E-state index in [0.29, 0.717) is 12.1 Å². The van der Waals surface area contributed by atoms with E-state index in [2.05, 4.69) is 20.7 Å². The fourth-order valence-electron chi connectivity index (χ4n) is 3.73. The molecule has 3 aromatic rings. The van der Waals surface area contributed by atoms with Crippen molar-refractivity contribution in [2.24, 2.45) is 13.0 Å². The van der Waals surface area contributed by atoms with Gasteiger partial charge in [0.25, 0.3) is 0 Å². The van der Waals surface area contributed by atoms with E-state index in [1.807, 2.05) is 65.9 Å². The number of carbonyl (C=O) groups excluding carboxylic acids is 1. The first-order valence-corrected chi connectivity index (χ1v) is 11.3. The minimum Gasteiger partial charge on any atom is -0.460 e. The van der Waals surface area contributed by atoms with Crippen LogP contribution in [-0.4, -0.2) is 32.4 Å². The Morgan fingerprint density at radius 2 is 2.03 bits per heavy atom. The monoisotopic (exact) mass is 466 g/mol. The summed E-state index contributed by atoms with van der Waals surface area (Å²) in [6.45, 7) is 9.32. The van der Waals surface area contributed by atoms with Crippen LogP contribution in [0.3, 0.4) is 0 Å². The molecule has 0 fully saturated rings. The van der Waals surface area contributed by atoms with Crippen LogP contribution in [0.5, 0.6) is 0 Å². The number of carbonyl (C=O) groups is 1. The highest BCUT2D eigenvalue weighted by Crippen LogP contribution is 2.27. The number of fused-ring (bicyclic) bond motifs is 1. The summed E-state index contributed by atoms with van der Waals surface area (Å²) in [6.07, 6.45) is 2.66. The number of anilines is 3. The van der Waals surface area contributed by atoms with Gasteiger partial charge in [0.1, 0.15) is 11.7 Å². The zero-order chi connectivity index (χ0) is 25.0.